The van der Waals surface area contributed by atoms with Gasteiger partial charge in [-0.3, -0.25) is 9.78 Å². The Morgan fingerprint density at radius 3 is 2.67 bits per heavy atom. The number of hydrogen-bond donors (Lipinski definition) is 1. The lowest BCUT2D eigenvalue weighted by molar-refractivity contribution is 0.111. The SMILES string of the molecule is Nc1cc(C(F)F)cnc1C=O. The van der Waals surface area contributed by atoms with Gasteiger partial charge in [-0.05, 0) is 6.07 Å². The molecule has 0 radical (unpaired) electrons. The highest BCUT2D eigenvalue weighted by Crippen LogP contribution is 2.20. The fourth-order valence-corrected chi connectivity index (χ4v) is 0.727. The van der Waals surface area contributed by atoms with Crippen LogP contribution in [0.3, 0.4) is 0 Å². The van der Waals surface area contributed by atoms with Gasteiger partial charge in [0.25, 0.3) is 6.43 Å². The van der Waals surface area contributed by atoms with Crippen LogP contribution in [0.25, 0.3) is 0 Å². The quantitative estimate of drug-likeness (QED) is 0.686. The van der Waals surface area contributed by atoms with Crippen molar-refractivity contribution in [1.82, 2.24) is 4.98 Å². The van der Waals surface area contributed by atoms with Gasteiger partial charge in [-0.15, -0.1) is 0 Å². The van der Waals surface area contributed by atoms with E-state index in [1.54, 1.807) is 0 Å². The van der Waals surface area contributed by atoms with E-state index in [2.05, 4.69) is 4.98 Å². The predicted molar refractivity (Wildman–Crippen MR) is 39.0 cm³/mol. The van der Waals surface area contributed by atoms with Gasteiger partial charge in [0.05, 0.1) is 5.69 Å². The van der Waals surface area contributed by atoms with Crippen molar-refractivity contribution in [1.29, 1.82) is 0 Å². The number of rotatable bonds is 2. The number of carbonyl (C=O) groups excluding carboxylic acids is 1. The van der Waals surface area contributed by atoms with Crippen molar-refractivity contribution in [2.45, 2.75) is 6.43 Å². The number of pyridine rings is 1. The van der Waals surface area contributed by atoms with E-state index in [4.69, 9.17) is 5.73 Å². The van der Waals surface area contributed by atoms with Gasteiger partial charge in [0, 0.05) is 11.8 Å². The Morgan fingerprint density at radius 2 is 2.25 bits per heavy atom. The molecular weight excluding hydrogens is 166 g/mol. The van der Waals surface area contributed by atoms with Crippen LogP contribution in [0.1, 0.15) is 22.5 Å². The number of aldehydes is 1. The van der Waals surface area contributed by atoms with Crippen molar-refractivity contribution in [2.75, 3.05) is 5.73 Å². The molecule has 1 aromatic rings. The molecule has 3 nitrogen and oxygen atoms in total. The monoisotopic (exact) mass is 172 g/mol. The van der Waals surface area contributed by atoms with Crippen LogP contribution in [0.5, 0.6) is 0 Å². The first-order chi connectivity index (χ1) is 5.65. The third-order valence-corrected chi connectivity index (χ3v) is 1.33. The third kappa shape index (κ3) is 1.55. The van der Waals surface area contributed by atoms with Crippen LogP contribution < -0.4 is 5.73 Å². The lowest BCUT2D eigenvalue weighted by Crippen LogP contribution is -1.98. The Labute approximate surface area is 67.2 Å². The van der Waals surface area contributed by atoms with E-state index in [-0.39, 0.29) is 16.9 Å². The summed E-state index contributed by atoms with van der Waals surface area (Å²) in [5.74, 6) is 0. The minimum Gasteiger partial charge on any atom is -0.397 e. The van der Waals surface area contributed by atoms with Crippen molar-refractivity contribution in [3.63, 3.8) is 0 Å². The molecule has 0 bridgehead atoms. The first kappa shape index (κ1) is 8.58. The molecule has 0 fully saturated rings. The molecular formula is C7H6F2N2O. The van der Waals surface area contributed by atoms with Crippen LogP contribution in [-0.2, 0) is 0 Å². The zero-order chi connectivity index (χ0) is 9.14. The molecule has 0 atom stereocenters. The second-order valence-corrected chi connectivity index (χ2v) is 2.16. The molecule has 2 N–H and O–H groups in total. The highest BCUT2D eigenvalue weighted by Gasteiger charge is 2.09. The predicted octanol–water partition coefficient (Wildman–Crippen LogP) is 1.41. The zero-order valence-electron chi connectivity index (χ0n) is 6.00. The van der Waals surface area contributed by atoms with Crippen molar-refractivity contribution in [3.8, 4) is 0 Å². The number of nitrogens with two attached hydrogens (primary N) is 1. The summed E-state index contributed by atoms with van der Waals surface area (Å²) in [4.78, 5) is 13.6. The summed E-state index contributed by atoms with van der Waals surface area (Å²) in [6.45, 7) is 0. The molecule has 0 amide bonds. The maximum atomic E-state index is 12.0. The summed E-state index contributed by atoms with van der Waals surface area (Å²) in [7, 11) is 0. The normalized spacial score (nSPS) is 10.2. The highest BCUT2D eigenvalue weighted by atomic mass is 19.3. The largest absolute Gasteiger partial charge is 0.397 e. The van der Waals surface area contributed by atoms with Crippen LogP contribution in [0, 0.1) is 0 Å². The van der Waals surface area contributed by atoms with E-state index in [9.17, 15) is 13.6 Å². The van der Waals surface area contributed by atoms with Gasteiger partial charge < -0.3 is 5.73 Å². The van der Waals surface area contributed by atoms with Gasteiger partial charge in [-0.25, -0.2) is 8.78 Å². The Bertz CT molecular complexity index is 301. The number of hydrogen-bond acceptors (Lipinski definition) is 3. The van der Waals surface area contributed by atoms with Crippen LogP contribution in [-0.4, -0.2) is 11.3 Å². The molecule has 0 unspecified atom stereocenters. The van der Waals surface area contributed by atoms with Crippen LogP contribution in [0.15, 0.2) is 12.3 Å². The molecule has 1 rings (SSSR count). The van der Waals surface area contributed by atoms with E-state index in [0.29, 0.717) is 6.29 Å². The molecule has 1 aromatic heterocycles. The van der Waals surface area contributed by atoms with Crippen LogP contribution in [0.2, 0.25) is 0 Å². The van der Waals surface area contributed by atoms with Crippen molar-refractivity contribution in [2.24, 2.45) is 0 Å². The minimum absolute atomic E-state index is 0.0144. The molecule has 0 saturated carbocycles. The first-order valence-electron chi connectivity index (χ1n) is 3.14. The number of carbonyl (C=O) groups is 1. The third-order valence-electron chi connectivity index (χ3n) is 1.33. The van der Waals surface area contributed by atoms with Crippen LogP contribution in [0.4, 0.5) is 14.5 Å². The topological polar surface area (TPSA) is 56.0 Å². The average Bonchev–Trinajstić information content (AvgIpc) is 2.04. The summed E-state index contributed by atoms with van der Waals surface area (Å²) in [5.41, 5.74) is 4.92. The molecule has 0 aliphatic carbocycles. The van der Waals surface area contributed by atoms with Crippen molar-refractivity contribution >= 4 is 12.0 Å². The van der Waals surface area contributed by atoms with Gasteiger partial charge in [0.15, 0.2) is 6.29 Å². The maximum Gasteiger partial charge on any atom is 0.265 e. The molecule has 0 aliphatic heterocycles. The Kier molecular flexibility index (Phi) is 2.32. The minimum atomic E-state index is -2.61. The summed E-state index contributed by atoms with van der Waals surface area (Å²) < 4.78 is 24.0. The Balaban J connectivity index is 3.10. The Hall–Kier alpha value is -1.52. The second-order valence-electron chi connectivity index (χ2n) is 2.16. The average molecular weight is 172 g/mol. The van der Waals surface area contributed by atoms with E-state index >= 15 is 0 Å². The Morgan fingerprint density at radius 1 is 1.58 bits per heavy atom. The maximum absolute atomic E-state index is 12.0. The van der Waals surface area contributed by atoms with E-state index in [0.717, 1.165) is 12.3 Å². The van der Waals surface area contributed by atoms with Gasteiger partial charge in [-0.1, -0.05) is 0 Å². The van der Waals surface area contributed by atoms with Crippen LogP contribution >= 0.6 is 0 Å². The lowest BCUT2D eigenvalue weighted by Gasteiger charge is -2.01. The van der Waals surface area contributed by atoms with Crippen molar-refractivity contribution in [3.05, 3.63) is 23.5 Å². The fraction of sp³-hybridized carbons (Fsp3) is 0.143. The smallest absolute Gasteiger partial charge is 0.265 e. The van der Waals surface area contributed by atoms with Gasteiger partial charge in [0.1, 0.15) is 5.69 Å². The number of aromatic nitrogens is 1. The molecule has 64 valence electrons. The summed E-state index contributed by atoms with van der Waals surface area (Å²) in [6, 6.07) is 1.04. The molecule has 0 spiro atoms. The van der Waals surface area contributed by atoms with Gasteiger partial charge in [0.2, 0.25) is 0 Å². The fourth-order valence-electron chi connectivity index (χ4n) is 0.727. The van der Waals surface area contributed by atoms with E-state index in [1.807, 2.05) is 0 Å². The first-order valence-corrected chi connectivity index (χ1v) is 3.14. The van der Waals surface area contributed by atoms with Gasteiger partial charge in [-0.2, -0.15) is 0 Å². The highest BCUT2D eigenvalue weighted by molar-refractivity contribution is 5.80. The van der Waals surface area contributed by atoms with E-state index in [1.165, 1.54) is 0 Å². The number of anilines is 1. The summed E-state index contributed by atoms with van der Waals surface area (Å²) in [6.07, 6.45) is -1.25. The standard InChI is InChI=1S/C7H6F2N2O/c8-7(9)4-1-5(10)6(3-12)11-2-4/h1-3,7H,10H2. The number of nitrogen functional groups attached to an aromatic ring is 1. The number of halogens is 2. The molecule has 5 heteroatoms. The van der Waals surface area contributed by atoms with E-state index < -0.39 is 6.43 Å². The molecule has 0 aliphatic rings. The molecule has 1 heterocycles. The number of nitrogens with zero attached hydrogens (tertiary/aromatic N) is 1. The molecule has 0 saturated heterocycles. The second kappa shape index (κ2) is 3.25. The summed E-state index contributed by atoms with van der Waals surface area (Å²) >= 11 is 0. The zero-order valence-corrected chi connectivity index (χ0v) is 6.00. The van der Waals surface area contributed by atoms with Gasteiger partial charge >= 0.3 is 0 Å². The van der Waals surface area contributed by atoms with Crippen molar-refractivity contribution < 1.29 is 13.6 Å². The summed E-state index contributed by atoms with van der Waals surface area (Å²) in [5, 5.41) is 0. The number of alkyl halides is 2. The molecule has 12 heavy (non-hydrogen) atoms. The lowest BCUT2D eigenvalue weighted by atomic mass is 10.2. The molecule has 0 aromatic carbocycles.